The number of fused-ring (bicyclic) bond motifs is 1. The van der Waals surface area contributed by atoms with E-state index in [1.807, 2.05) is 0 Å². The van der Waals surface area contributed by atoms with Gasteiger partial charge < -0.3 is 47.1 Å². The smallest absolute Gasteiger partial charge is 0.341 e. The van der Waals surface area contributed by atoms with Crippen molar-refractivity contribution < 1.29 is 66.3 Å². The number of rotatable bonds is 8. The maximum Gasteiger partial charge on any atom is 0.341 e. The van der Waals surface area contributed by atoms with Crippen molar-refractivity contribution in [2.24, 2.45) is 11.3 Å². The molecule has 1 saturated heterocycles. The summed E-state index contributed by atoms with van der Waals surface area (Å²) in [6.07, 6.45) is 0.845. The van der Waals surface area contributed by atoms with E-state index in [0.717, 1.165) is 19.5 Å². The summed E-state index contributed by atoms with van der Waals surface area (Å²) >= 11 is 0. The van der Waals surface area contributed by atoms with Gasteiger partial charge in [0.25, 0.3) is 0 Å². The summed E-state index contributed by atoms with van der Waals surface area (Å²) in [6, 6.07) is 4.09. The molecular formula is C32H34O14. The Balaban J connectivity index is 1.57. The fraction of sp³-hybridized carbons (Fsp3) is 0.500. The summed E-state index contributed by atoms with van der Waals surface area (Å²) in [6.45, 7) is 5.25. The van der Waals surface area contributed by atoms with Crippen molar-refractivity contribution >= 4 is 23.9 Å². The largest absolute Gasteiger partial charge is 0.472 e. The molecular weight excluding hydrogens is 608 g/mol. The van der Waals surface area contributed by atoms with Crippen molar-refractivity contribution in [2.75, 3.05) is 6.61 Å². The molecule has 14 heteroatoms. The van der Waals surface area contributed by atoms with Crippen molar-refractivity contribution in [3.05, 3.63) is 72.5 Å². The fourth-order valence-corrected chi connectivity index (χ4v) is 7.65. The van der Waals surface area contributed by atoms with Crippen molar-refractivity contribution in [3.63, 3.8) is 0 Å². The highest BCUT2D eigenvalue weighted by Gasteiger charge is 2.85. The number of aliphatic hydroxyl groups excluding tert-OH is 1. The van der Waals surface area contributed by atoms with Crippen LogP contribution in [-0.4, -0.2) is 81.9 Å². The molecule has 2 N–H and O–H groups in total. The standard InChI is InChI=1S/C32H34O14/c1-17(33)42-16-31-23(44-27(36)19-6-9-40-14-19)11-21-24(34)32(31,46-29(21,2)3)30(4,38)12-22(43-26(35)18-5-8-39-13-18)25(31)45-28(37)20-7-10-41-15-20/h5-10,13-15,21-25,34,38H,11-12,16H2,1-4H3/t21-,22+,23+,24+,25+,30+,31-,32+/m1/s1. The molecule has 3 aromatic heterocycles. The Morgan fingerprint density at radius 3 is 1.87 bits per heavy atom. The van der Waals surface area contributed by atoms with Crippen LogP contribution in [0.3, 0.4) is 0 Å². The number of carbonyl (C=O) groups excluding carboxylic acids is 4. The van der Waals surface area contributed by atoms with E-state index in [9.17, 15) is 29.4 Å². The first-order valence-electron chi connectivity index (χ1n) is 14.7. The maximum atomic E-state index is 13.6. The van der Waals surface area contributed by atoms with Crippen LogP contribution in [0.2, 0.25) is 0 Å². The second kappa shape index (κ2) is 11.1. The number of esters is 4. The number of hydrogen-bond donors (Lipinski definition) is 2. The van der Waals surface area contributed by atoms with E-state index in [-0.39, 0.29) is 23.1 Å². The minimum atomic E-state index is -2.11. The summed E-state index contributed by atoms with van der Waals surface area (Å²) in [5.74, 6) is -4.15. The van der Waals surface area contributed by atoms with Gasteiger partial charge in [-0.1, -0.05) is 0 Å². The fourth-order valence-electron chi connectivity index (χ4n) is 7.65. The highest BCUT2D eigenvalue weighted by atomic mass is 16.6. The molecule has 0 amide bonds. The molecule has 46 heavy (non-hydrogen) atoms. The topological polar surface area (TPSA) is 194 Å². The Morgan fingerprint density at radius 1 is 0.848 bits per heavy atom. The van der Waals surface area contributed by atoms with Crippen LogP contribution in [0.15, 0.2) is 69.0 Å². The molecule has 1 spiro atoms. The van der Waals surface area contributed by atoms with Crippen LogP contribution in [0.5, 0.6) is 0 Å². The molecule has 1 aliphatic heterocycles. The van der Waals surface area contributed by atoms with E-state index in [2.05, 4.69) is 0 Å². The number of ether oxygens (including phenoxy) is 5. The SMILES string of the molecule is CC(=O)OC[C@]12[C@@H](OC(=O)c3ccoc3)C[C@@H]3[C@H](O)[C@]1(OC3(C)C)[C@@](C)(O)C[C@H](OC(=O)c1ccoc1)[C@@H]2OC(=O)c1ccoc1. The Morgan fingerprint density at radius 2 is 1.37 bits per heavy atom. The van der Waals surface area contributed by atoms with Crippen LogP contribution in [0, 0.1) is 11.3 Å². The van der Waals surface area contributed by atoms with E-state index in [1.165, 1.54) is 50.2 Å². The zero-order valence-electron chi connectivity index (χ0n) is 25.5. The van der Waals surface area contributed by atoms with Gasteiger partial charge in [-0.25, -0.2) is 14.4 Å². The van der Waals surface area contributed by atoms with Crippen LogP contribution in [0.4, 0.5) is 0 Å². The lowest BCUT2D eigenvalue weighted by molar-refractivity contribution is -0.352. The molecule has 8 atom stereocenters. The Labute approximate surface area is 262 Å². The third-order valence-corrected chi connectivity index (χ3v) is 9.62. The lowest BCUT2D eigenvalue weighted by Crippen LogP contribution is -2.83. The second-order valence-electron chi connectivity index (χ2n) is 12.7. The lowest BCUT2D eigenvalue weighted by atomic mass is 9.46. The molecule has 3 aromatic rings. The summed E-state index contributed by atoms with van der Waals surface area (Å²) in [7, 11) is 0. The molecule has 3 aliphatic rings. The number of furan rings is 3. The van der Waals surface area contributed by atoms with E-state index >= 15 is 0 Å². The first kappa shape index (κ1) is 31.6. The molecule has 14 nitrogen and oxygen atoms in total. The highest BCUT2D eigenvalue weighted by Crippen LogP contribution is 2.68. The van der Waals surface area contributed by atoms with Crippen LogP contribution in [0.25, 0.3) is 0 Å². The van der Waals surface area contributed by atoms with Crippen LogP contribution < -0.4 is 0 Å². The van der Waals surface area contributed by atoms with Crippen LogP contribution >= 0.6 is 0 Å². The van der Waals surface area contributed by atoms with Gasteiger partial charge in [0, 0.05) is 19.3 Å². The van der Waals surface area contributed by atoms with Crippen LogP contribution in [0.1, 0.15) is 71.6 Å². The molecule has 2 bridgehead atoms. The van der Waals surface area contributed by atoms with Crippen molar-refractivity contribution in [1.29, 1.82) is 0 Å². The number of hydrogen-bond acceptors (Lipinski definition) is 14. The number of carbonyl (C=O) groups is 4. The predicted molar refractivity (Wildman–Crippen MR) is 150 cm³/mol. The van der Waals surface area contributed by atoms with Gasteiger partial charge in [0.05, 0.1) is 52.8 Å². The number of aliphatic hydroxyl groups is 2. The lowest BCUT2D eigenvalue weighted by Gasteiger charge is -2.65. The van der Waals surface area contributed by atoms with Gasteiger partial charge in [0.1, 0.15) is 48.6 Å². The van der Waals surface area contributed by atoms with Crippen molar-refractivity contribution in [1.82, 2.24) is 0 Å². The van der Waals surface area contributed by atoms with E-state index in [1.54, 1.807) is 13.8 Å². The van der Waals surface area contributed by atoms with Crippen LogP contribution in [-0.2, 0) is 28.5 Å². The molecule has 3 fully saturated rings. The van der Waals surface area contributed by atoms with Crippen molar-refractivity contribution in [3.8, 4) is 0 Å². The Hall–Kier alpha value is -4.40. The van der Waals surface area contributed by atoms with E-state index in [0.29, 0.717) is 0 Å². The quantitative estimate of drug-likeness (QED) is 0.269. The summed E-state index contributed by atoms with van der Waals surface area (Å²) in [5, 5.41) is 24.5. The molecule has 0 unspecified atom stereocenters. The Bertz CT molecular complexity index is 1590. The van der Waals surface area contributed by atoms with E-state index < -0.39 is 89.5 Å². The van der Waals surface area contributed by atoms with Gasteiger partial charge in [-0.2, -0.15) is 0 Å². The molecule has 6 rings (SSSR count). The van der Waals surface area contributed by atoms with Gasteiger partial charge in [-0.05, 0) is 45.4 Å². The zero-order valence-corrected chi connectivity index (χ0v) is 25.5. The molecule has 4 heterocycles. The first-order valence-corrected chi connectivity index (χ1v) is 14.7. The van der Waals surface area contributed by atoms with E-state index in [4.69, 9.17) is 36.9 Å². The average molecular weight is 643 g/mol. The van der Waals surface area contributed by atoms with Gasteiger partial charge in [-0.15, -0.1) is 0 Å². The minimum absolute atomic E-state index is 0.0113. The average Bonchev–Trinajstić information content (AvgIpc) is 3.80. The minimum Gasteiger partial charge on any atom is -0.472 e. The highest BCUT2D eigenvalue weighted by molar-refractivity contribution is 5.90. The molecule has 2 saturated carbocycles. The zero-order chi connectivity index (χ0) is 33.1. The van der Waals surface area contributed by atoms with Gasteiger partial charge in [0.2, 0.25) is 0 Å². The molecule has 246 valence electrons. The van der Waals surface area contributed by atoms with Crippen molar-refractivity contribution in [2.45, 2.75) is 81.8 Å². The summed E-state index contributed by atoms with van der Waals surface area (Å²) in [5.41, 5.74) is -7.32. The summed E-state index contributed by atoms with van der Waals surface area (Å²) in [4.78, 5) is 53.0. The van der Waals surface area contributed by atoms with Gasteiger partial charge in [-0.3, -0.25) is 4.79 Å². The molecule has 2 aliphatic carbocycles. The second-order valence-corrected chi connectivity index (χ2v) is 12.7. The third kappa shape index (κ3) is 4.74. The first-order chi connectivity index (χ1) is 21.7. The molecule has 0 radical (unpaired) electrons. The monoisotopic (exact) mass is 642 g/mol. The maximum absolute atomic E-state index is 13.6. The Kier molecular flexibility index (Phi) is 7.65. The predicted octanol–water partition coefficient (Wildman–Crippen LogP) is 3.07. The molecule has 0 aromatic carbocycles. The summed E-state index contributed by atoms with van der Waals surface area (Å²) < 4.78 is 45.6. The van der Waals surface area contributed by atoms with Gasteiger partial charge in [0.15, 0.2) is 6.10 Å². The third-order valence-electron chi connectivity index (χ3n) is 9.62. The van der Waals surface area contributed by atoms with Gasteiger partial charge >= 0.3 is 23.9 Å². The normalized spacial score (nSPS) is 34.3.